The van der Waals surface area contributed by atoms with Crippen LogP contribution in [-0.2, 0) is 17.7 Å². The zero-order valence-corrected chi connectivity index (χ0v) is 16.8. The monoisotopic (exact) mass is 393 g/mol. The number of anilines is 1. The van der Waals surface area contributed by atoms with Gasteiger partial charge in [0.25, 0.3) is 5.91 Å². The Balaban J connectivity index is 1.46. The van der Waals surface area contributed by atoms with Crippen molar-refractivity contribution in [3.63, 3.8) is 0 Å². The zero-order chi connectivity index (χ0) is 20.2. The molecule has 0 unspecified atom stereocenters. The van der Waals surface area contributed by atoms with Crippen molar-refractivity contribution >= 4 is 17.7 Å². The summed E-state index contributed by atoms with van der Waals surface area (Å²) in [7, 11) is 1.38. The van der Waals surface area contributed by atoms with Gasteiger partial charge in [0.05, 0.1) is 12.7 Å². The lowest BCUT2D eigenvalue weighted by Gasteiger charge is -2.35. The number of nitrogens with zero attached hydrogens (tertiary/aromatic N) is 2. The van der Waals surface area contributed by atoms with Crippen molar-refractivity contribution in [1.82, 2.24) is 10.2 Å². The number of piperidine rings is 1. The van der Waals surface area contributed by atoms with Crippen LogP contribution in [-0.4, -0.2) is 49.7 Å². The number of hydrogen-bond donors (Lipinski definition) is 1. The highest BCUT2D eigenvalue weighted by Gasteiger charge is 2.27. The van der Waals surface area contributed by atoms with Gasteiger partial charge in [0.2, 0.25) is 0 Å². The molecule has 1 saturated heterocycles. The molecule has 4 rings (SSSR count). The Bertz CT molecular complexity index is 890. The summed E-state index contributed by atoms with van der Waals surface area (Å²) in [5, 5.41) is 2.88. The first kappa shape index (κ1) is 19.3. The van der Waals surface area contributed by atoms with Gasteiger partial charge in [0.1, 0.15) is 0 Å². The molecule has 0 saturated carbocycles. The van der Waals surface area contributed by atoms with Crippen LogP contribution in [0.15, 0.2) is 48.5 Å². The van der Waals surface area contributed by atoms with Gasteiger partial charge in [0.15, 0.2) is 0 Å². The number of ether oxygens (including phenoxy) is 1. The second-order valence-electron chi connectivity index (χ2n) is 7.66. The van der Waals surface area contributed by atoms with Crippen LogP contribution < -0.4 is 10.2 Å². The van der Waals surface area contributed by atoms with E-state index in [0.29, 0.717) is 6.54 Å². The van der Waals surface area contributed by atoms with Crippen LogP contribution >= 0.6 is 0 Å². The van der Waals surface area contributed by atoms with Crippen LogP contribution in [0.4, 0.5) is 10.5 Å². The Labute approximate surface area is 171 Å². The van der Waals surface area contributed by atoms with Crippen molar-refractivity contribution < 1.29 is 14.3 Å². The molecule has 0 aromatic heterocycles. The van der Waals surface area contributed by atoms with Gasteiger partial charge in [-0.3, -0.25) is 4.79 Å². The second-order valence-corrected chi connectivity index (χ2v) is 7.66. The SMILES string of the molecule is COC(=O)NC1CCN(c2ccccc2C(=O)N2CCc3ccccc3C2)CC1. The smallest absolute Gasteiger partial charge is 0.407 e. The maximum atomic E-state index is 13.3. The first-order chi connectivity index (χ1) is 14.2. The van der Waals surface area contributed by atoms with Gasteiger partial charge in [-0.15, -0.1) is 0 Å². The number of para-hydroxylation sites is 1. The van der Waals surface area contributed by atoms with E-state index in [4.69, 9.17) is 4.74 Å². The lowest BCUT2D eigenvalue weighted by molar-refractivity contribution is 0.0735. The minimum absolute atomic E-state index is 0.0879. The number of nitrogens with one attached hydrogen (secondary N) is 1. The average molecular weight is 393 g/mol. The first-order valence-electron chi connectivity index (χ1n) is 10.2. The van der Waals surface area contributed by atoms with Crippen molar-refractivity contribution in [2.45, 2.75) is 31.8 Å². The molecule has 152 valence electrons. The van der Waals surface area contributed by atoms with E-state index in [1.165, 1.54) is 18.2 Å². The molecule has 0 atom stereocenters. The van der Waals surface area contributed by atoms with E-state index in [2.05, 4.69) is 28.4 Å². The Morgan fingerprint density at radius 2 is 1.66 bits per heavy atom. The van der Waals surface area contributed by atoms with Gasteiger partial charge in [-0.05, 0) is 42.5 Å². The van der Waals surface area contributed by atoms with E-state index in [-0.39, 0.29) is 18.0 Å². The number of rotatable bonds is 3. The number of benzene rings is 2. The van der Waals surface area contributed by atoms with E-state index in [0.717, 1.165) is 50.1 Å². The largest absolute Gasteiger partial charge is 0.453 e. The minimum atomic E-state index is -0.385. The fraction of sp³-hybridized carbons (Fsp3) is 0.391. The quantitative estimate of drug-likeness (QED) is 0.870. The third kappa shape index (κ3) is 4.21. The lowest BCUT2D eigenvalue weighted by Crippen LogP contribution is -2.45. The molecule has 2 amide bonds. The molecule has 6 nitrogen and oxygen atoms in total. The van der Waals surface area contributed by atoms with E-state index in [1.807, 2.05) is 35.2 Å². The van der Waals surface area contributed by atoms with Gasteiger partial charge < -0.3 is 19.9 Å². The van der Waals surface area contributed by atoms with Gasteiger partial charge in [0, 0.05) is 37.9 Å². The maximum Gasteiger partial charge on any atom is 0.407 e. The fourth-order valence-electron chi connectivity index (χ4n) is 4.26. The summed E-state index contributed by atoms with van der Waals surface area (Å²) in [6.07, 6.45) is 2.17. The first-order valence-corrected chi connectivity index (χ1v) is 10.2. The van der Waals surface area contributed by atoms with Gasteiger partial charge in [-0.1, -0.05) is 36.4 Å². The fourth-order valence-corrected chi connectivity index (χ4v) is 4.26. The van der Waals surface area contributed by atoms with Crippen LogP contribution in [0.3, 0.4) is 0 Å². The highest BCUT2D eigenvalue weighted by atomic mass is 16.5. The van der Waals surface area contributed by atoms with Gasteiger partial charge >= 0.3 is 6.09 Å². The summed E-state index contributed by atoms with van der Waals surface area (Å²) in [4.78, 5) is 29.0. The van der Waals surface area contributed by atoms with E-state index in [9.17, 15) is 9.59 Å². The highest BCUT2D eigenvalue weighted by Crippen LogP contribution is 2.27. The summed E-state index contributed by atoms with van der Waals surface area (Å²) < 4.78 is 4.69. The summed E-state index contributed by atoms with van der Waals surface area (Å²) in [5.41, 5.74) is 4.31. The number of carbonyl (C=O) groups excluding carboxylic acids is 2. The van der Waals surface area contributed by atoms with Crippen LogP contribution in [0, 0.1) is 0 Å². The molecule has 0 radical (unpaired) electrons. The summed E-state index contributed by atoms with van der Waals surface area (Å²) in [6.45, 7) is 2.99. The van der Waals surface area contributed by atoms with Crippen LogP contribution in [0.25, 0.3) is 0 Å². The van der Waals surface area contributed by atoms with Gasteiger partial charge in [-0.2, -0.15) is 0 Å². The predicted octanol–water partition coefficient (Wildman–Crippen LogP) is 3.21. The Hall–Kier alpha value is -3.02. The Kier molecular flexibility index (Phi) is 5.69. The molecule has 2 aromatic carbocycles. The zero-order valence-electron chi connectivity index (χ0n) is 16.8. The molecular weight excluding hydrogens is 366 g/mol. The highest BCUT2D eigenvalue weighted by molar-refractivity contribution is 6.00. The van der Waals surface area contributed by atoms with E-state index in [1.54, 1.807) is 0 Å². The van der Waals surface area contributed by atoms with Crippen molar-refractivity contribution in [3.05, 3.63) is 65.2 Å². The molecular formula is C23H27N3O3. The molecule has 2 heterocycles. The van der Waals surface area contributed by atoms with Crippen molar-refractivity contribution in [2.24, 2.45) is 0 Å². The minimum Gasteiger partial charge on any atom is -0.453 e. The average Bonchev–Trinajstić information content (AvgIpc) is 2.78. The van der Waals surface area contributed by atoms with E-state index >= 15 is 0 Å². The van der Waals surface area contributed by atoms with Crippen molar-refractivity contribution in [1.29, 1.82) is 0 Å². The normalized spacial score (nSPS) is 16.9. The van der Waals surface area contributed by atoms with Crippen LogP contribution in [0.2, 0.25) is 0 Å². The van der Waals surface area contributed by atoms with Crippen LogP contribution in [0.5, 0.6) is 0 Å². The number of amides is 2. The van der Waals surface area contributed by atoms with Crippen LogP contribution in [0.1, 0.15) is 34.3 Å². The Morgan fingerprint density at radius 1 is 0.966 bits per heavy atom. The summed E-state index contributed by atoms with van der Waals surface area (Å²) >= 11 is 0. The molecule has 1 N–H and O–H groups in total. The molecule has 29 heavy (non-hydrogen) atoms. The standard InChI is InChI=1S/C23H27N3O3/c1-29-23(28)24-19-11-14-25(15-12-19)21-9-5-4-8-20(21)22(27)26-13-10-17-6-2-3-7-18(17)16-26/h2-9,19H,10-16H2,1H3,(H,24,28). The number of alkyl carbamates (subject to hydrolysis) is 1. The molecule has 1 fully saturated rings. The third-order valence-corrected chi connectivity index (χ3v) is 5.90. The number of methoxy groups -OCH3 is 1. The molecule has 0 bridgehead atoms. The molecule has 2 aliphatic heterocycles. The second kappa shape index (κ2) is 8.55. The maximum absolute atomic E-state index is 13.3. The number of carbonyl (C=O) groups is 2. The van der Waals surface area contributed by atoms with Crippen molar-refractivity contribution in [3.8, 4) is 0 Å². The summed E-state index contributed by atoms with van der Waals surface area (Å²) in [5.74, 6) is 0.0879. The Morgan fingerprint density at radius 3 is 2.41 bits per heavy atom. The van der Waals surface area contributed by atoms with Crippen molar-refractivity contribution in [2.75, 3.05) is 31.6 Å². The van der Waals surface area contributed by atoms with E-state index < -0.39 is 0 Å². The molecule has 0 aliphatic carbocycles. The number of fused-ring (bicyclic) bond motifs is 1. The molecule has 0 spiro atoms. The lowest BCUT2D eigenvalue weighted by atomic mass is 9.98. The molecule has 2 aromatic rings. The number of hydrogen-bond acceptors (Lipinski definition) is 4. The third-order valence-electron chi connectivity index (χ3n) is 5.90. The summed E-state index contributed by atoms with van der Waals surface area (Å²) in [6, 6.07) is 16.3. The predicted molar refractivity (Wildman–Crippen MR) is 112 cm³/mol. The topological polar surface area (TPSA) is 61.9 Å². The molecule has 2 aliphatic rings. The van der Waals surface area contributed by atoms with Gasteiger partial charge in [-0.25, -0.2) is 4.79 Å². The molecule has 6 heteroatoms.